The van der Waals surface area contributed by atoms with Gasteiger partial charge in [0, 0.05) is 0 Å². The van der Waals surface area contributed by atoms with Crippen LogP contribution in [-0.2, 0) is 9.94 Å². The standard InChI is InChI=1S/C15H23O2P/c1-15(2,12-8-4-3-5-9-12)13-10-6-7-11-14(13)17-18-16/h3-5,8-9,13-14,16,18H,6-7,10-11H2,1-2H3. The minimum Gasteiger partial charge on any atom is -0.352 e. The van der Waals surface area contributed by atoms with Gasteiger partial charge in [0.05, 0.1) is 6.10 Å². The number of hydrogen-bond donors (Lipinski definition) is 1. The molecular weight excluding hydrogens is 243 g/mol. The maximum Gasteiger partial charge on any atom is 0.152 e. The maximum absolute atomic E-state index is 9.08. The summed E-state index contributed by atoms with van der Waals surface area (Å²) in [6, 6.07) is 10.7. The first kappa shape index (κ1) is 14.0. The van der Waals surface area contributed by atoms with Gasteiger partial charge in [0.15, 0.2) is 9.03 Å². The average molecular weight is 266 g/mol. The minimum absolute atomic E-state index is 0.103. The first-order valence-corrected chi connectivity index (χ1v) is 7.62. The van der Waals surface area contributed by atoms with Crippen LogP contribution in [0.5, 0.6) is 0 Å². The summed E-state index contributed by atoms with van der Waals surface area (Å²) >= 11 is 0. The van der Waals surface area contributed by atoms with Crippen molar-refractivity contribution in [2.75, 3.05) is 0 Å². The molecule has 1 fully saturated rings. The van der Waals surface area contributed by atoms with Crippen LogP contribution in [0.15, 0.2) is 30.3 Å². The van der Waals surface area contributed by atoms with Crippen molar-refractivity contribution in [1.29, 1.82) is 0 Å². The van der Waals surface area contributed by atoms with Gasteiger partial charge in [0.25, 0.3) is 0 Å². The quantitative estimate of drug-likeness (QED) is 0.833. The highest BCUT2D eigenvalue weighted by atomic mass is 31.1. The molecule has 100 valence electrons. The Morgan fingerprint density at radius 3 is 2.50 bits per heavy atom. The predicted octanol–water partition coefficient (Wildman–Crippen LogP) is 4.04. The summed E-state index contributed by atoms with van der Waals surface area (Å²) in [6.45, 7) is 4.60. The van der Waals surface area contributed by atoms with Crippen LogP contribution in [0.25, 0.3) is 0 Å². The predicted molar refractivity (Wildman–Crippen MR) is 76.8 cm³/mol. The lowest BCUT2D eigenvalue weighted by Crippen LogP contribution is -2.40. The van der Waals surface area contributed by atoms with E-state index in [1.165, 1.54) is 24.8 Å². The zero-order valence-electron chi connectivity index (χ0n) is 11.2. The molecule has 2 rings (SSSR count). The van der Waals surface area contributed by atoms with Gasteiger partial charge in [-0.25, -0.2) is 0 Å². The first-order chi connectivity index (χ1) is 8.66. The molecule has 1 aromatic carbocycles. The molecule has 3 atom stereocenters. The highest BCUT2D eigenvalue weighted by Crippen LogP contribution is 2.43. The largest absolute Gasteiger partial charge is 0.352 e. The summed E-state index contributed by atoms with van der Waals surface area (Å²) < 4.78 is 5.59. The Bertz CT molecular complexity index is 362. The van der Waals surface area contributed by atoms with Crippen LogP contribution in [0.4, 0.5) is 0 Å². The lowest BCUT2D eigenvalue weighted by molar-refractivity contribution is 0.0576. The summed E-state index contributed by atoms with van der Waals surface area (Å²) in [7, 11) is -0.389. The average Bonchev–Trinajstić information content (AvgIpc) is 2.41. The lowest BCUT2D eigenvalue weighted by Gasteiger charge is -2.42. The second kappa shape index (κ2) is 6.14. The van der Waals surface area contributed by atoms with E-state index in [2.05, 4.69) is 44.2 Å². The van der Waals surface area contributed by atoms with Crippen molar-refractivity contribution in [3.63, 3.8) is 0 Å². The van der Waals surface area contributed by atoms with Gasteiger partial charge >= 0.3 is 0 Å². The fourth-order valence-corrected chi connectivity index (χ4v) is 3.63. The van der Waals surface area contributed by atoms with Gasteiger partial charge in [-0.1, -0.05) is 57.0 Å². The third-order valence-corrected chi connectivity index (χ3v) is 4.76. The molecule has 18 heavy (non-hydrogen) atoms. The third kappa shape index (κ3) is 2.93. The molecule has 0 saturated heterocycles. The number of benzene rings is 1. The fraction of sp³-hybridized carbons (Fsp3) is 0.600. The van der Waals surface area contributed by atoms with E-state index in [9.17, 15) is 0 Å². The second-order valence-electron chi connectivity index (χ2n) is 5.73. The van der Waals surface area contributed by atoms with Crippen molar-refractivity contribution < 1.29 is 9.42 Å². The molecule has 2 nitrogen and oxygen atoms in total. The van der Waals surface area contributed by atoms with Gasteiger partial charge in [-0.05, 0) is 29.7 Å². The monoisotopic (exact) mass is 266 g/mol. The number of hydrogen-bond acceptors (Lipinski definition) is 2. The van der Waals surface area contributed by atoms with Gasteiger partial charge in [0.1, 0.15) is 0 Å². The van der Waals surface area contributed by atoms with E-state index in [1.54, 1.807) is 0 Å². The molecule has 1 aliphatic carbocycles. The molecule has 0 amide bonds. The van der Waals surface area contributed by atoms with E-state index < -0.39 is 0 Å². The van der Waals surface area contributed by atoms with Crippen molar-refractivity contribution in [2.24, 2.45) is 5.92 Å². The molecule has 1 aliphatic rings. The molecule has 0 heterocycles. The van der Waals surface area contributed by atoms with Gasteiger partial charge in [0.2, 0.25) is 0 Å². The van der Waals surface area contributed by atoms with Crippen molar-refractivity contribution in [3.05, 3.63) is 35.9 Å². The molecule has 3 unspecified atom stereocenters. The molecule has 0 spiro atoms. The van der Waals surface area contributed by atoms with Crippen LogP contribution in [0.1, 0.15) is 45.1 Å². The summed E-state index contributed by atoms with van der Waals surface area (Å²) in [5, 5.41) is 0. The highest BCUT2D eigenvalue weighted by molar-refractivity contribution is 7.25. The van der Waals surface area contributed by atoms with E-state index in [0.29, 0.717) is 5.92 Å². The van der Waals surface area contributed by atoms with Crippen LogP contribution < -0.4 is 0 Å². The van der Waals surface area contributed by atoms with Crippen LogP contribution >= 0.6 is 9.03 Å². The molecule has 1 aromatic rings. The van der Waals surface area contributed by atoms with Crippen molar-refractivity contribution in [2.45, 2.75) is 51.0 Å². The molecule has 1 saturated carbocycles. The Hall–Kier alpha value is -0.430. The Morgan fingerprint density at radius 1 is 1.17 bits per heavy atom. The van der Waals surface area contributed by atoms with Gasteiger partial charge in [-0.2, -0.15) is 0 Å². The van der Waals surface area contributed by atoms with Gasteiger partial charge in [-0.15, -0.1) is 0 Å². The molecule has 0 aliphatic heterocycles. The summed E-state index contributed by atoms with van der Waals surface area (Å²) in [5.41, 5.74) is 1.47. The zero-order chi connectivity index (χ0) is 13.0. The molecule has 3 heteroatoms. The van der Waals surface area contributed by atoms with Crippen molar-refractivity contribution in [3.8, 4) is 0 Å². The molecule has 0 bridgehead atoms. The Labute approximate surface area is 112 Å². The molecular formula is C15H23O2P. The number of rotatable bonds is 4. The zero-order valence-corrected chi connectivity index (χ0v) is 12.2. The summed E-state index contributed by atoms with van der Waals surface area (Å²) in [5.74, 6) is 0.494. The van der Waals surface area contributed by atoms with Crippen LogP contribution in [0, 0.1) is 5.92 Å². The van der Waals surface area contributed by atoms with E-state index in [1.807, 2.05) is 0 Å². The molecule has 0 radical (unpaired) electrons. The fourth-order valence-electron chi connectivity index (χ4n) is 3.21. The minimum atomic E-state index is -0.389. The SMILES string of the molecule is CC(C)(c1ccccc1)C1CCCCC1OPO. The Kier molecular flexibility index (Phi) is 4.77. The highest BCUT2D eigenvalue weighted by Gasteiger charge is 2.38. The third-order valence-electron chi connectivity index (χ3n) is 4.35. The van der Waals surface area contributed by atoms with E-state index >= 15 is 0 Å². The van der Waals surface area contributed by atoms with Crippen LogP contribution in [0.2, 0.25) is 0 Å². The molecule has 1 N–H and O–H groups in total. The summed E-state index contributed by atoms with van der Waals surface area (Å²) in [6.07, 6.45) is 4.97. The normalized spacial score (nSPS) is 25.7. The van der Waals surface area contributed by atoms with Gasteiger partial charge in [-0.3, -0.25) is 0 Å². The van der Waals surface area contributed by atoms with Crippen LogP contribution in [-0.4, -0.2) is 11.0 Å². The molecule has 0 aromatic heterocycles. The van der Waals surface area contributed by atoms with Crippen molar-refractivity contribution >= 4 is 9.03 Å². The van der Waals surface area contributed by atoms with E-state index in [4.69, 9.17) is 9.42 Å². The smallest absolute Gasteiger partial charge is 0.152 e. The van der Waals surface area contributed by atoms with E-state index in [0.717, 1.165) is 6.42 Å². The first-order valence-electron chi connectivity index (χ1n) is 6.76. The van der Waals surface area contributed by atoms with Gasteiger partial charge < -0.3 is 9.42 Å². The topological polar surface area (TPSA) is 29.5 Å². The maximum atomic E-state index is 9.08. The second-order valence-corrected chi connectivity index (χ2v) is 6.14. The Balaban J connectivity index is 2.21. The van der Waals surface area contributed by atoms with Crippen molar-refractivity contribution in [1.82, 2.24) is 0 Å². The Morgan fingerprint density at radius 2 is 1.83 bits per heavy atom. The lowest BCUT2D eigenvalue weighted by atomic mass is 9.66. The van der Waals surface area contributed by atoms with Crippen LogP contribution in [0.3, 0.4) is 0 Å². The summed E-state index contributed by atoms with van der Waals surface area (Å²) in [4.78, 5) is 9.08. The van der Waals surface area contributed by atoms with E-state index in [-0.39, 0.29) is 20.6 Å².